The molecule has 0 aromatic rings. The van der Waals surface area contributed by atoms with E-state index in [1.54, 1.807) is 0 Å². The molecule has 0 bridgehead atoms. The summed E-state index contributed by atoms with van der Waals surface area (Å²) in [5, 5.41) is 3.44. The van der Waals surface area contributed by atoms with Crippen LogP contribution in [0.2, 0.25) is 0 Å². The van der Waals surface area contributed by atoms with E-state index < -0.39 is 0 Å². The first kappa shape index (κ1) is 6.10. The van der Waals surface area contributed by atoms with E-state index in [0.29, 0.717) is 6.04 Å². The molecule has 0 amide bonds. The van der Waals surface area contributed by atoms with Gasteiger partial charge in [-0.25, -0.2) is 0 Å². The Hall–Kier alpha value is -0.630. The SMILES string of the molecule is C1=CCC2NCCN=C2C1. The molecule has 1 unspecified atom stereocenters. The maximum Gasteiger partial charge on any atom is 0.0514 e. The maximum atomic E-state index is 4.45. The first-order valence-corrected chi connectivity index (χ1v) is 3.88. The molecule has 2 nitrogen and oxygen atoms in total. The number of rotatable bonds is 0. The summed E-state index contributed by atoms with van der Waals surface area (Å²) in [7, 11) is 0. The summed E-state index contributed by atoms with van der Waals surface area (Å²) < 4.78 is 0. The summed E-state index contributed by atoms with van der Waals surface area (Å²) >= 11 is 0. The molecule has 1 heterocycles. The zero-order valence-electron chi connectivity index (χ0n) is 6.01. The van der Waals surface area contributed by atoms with Gasteiger partial charge < -0.3 is 5.32 Å². The summed E-state index contributed by atoms with van der Waals surface area (Å²) in [6.45, 7) is 2.03. The van der Waals surface area contributed by atoms with E-state index in [2.05, 4.69) is 22.5 Å². The molecule has 2 heteroatoms. The third kappa shape index (κ3) is 0.991. The fourth-order valence-corrected chi connectivity index (χ4v) is 1.53. The fourth-order valence-electron chi connectivity index (χ4n) is 1.53. The first-order chi connectivity index (χ1) is 4.97. The van der Waals surface area contributed by atoms with E-state index in [4.69, 9.17) is 0 Å². The molecule has 0 saturated heterocycles. The molecule has 0 aromatic carbocycles. The van der Waals surface area contributed by atoms with Gasteiger partial charge in [0.25, 0.3) is 0 Å². The van der Waals surface area contributed by atoms with E-state index in [9.17, 15) is 0 Å². The lowest BCUT2D eigenvalue weighted by Gasteiger charge is -2.25. The molecule has 0 radical (unpaired) electrons. The van der Waals surface area contributed by atoms with Crippen molar-refractivity contribution in [3.63, 3.8) is 0 Å². The van der Waals surface area contributed by atoms with Crippen LogP contribution in [0.3, 0.4) is 0 Å². The highest BCUT2D eigenvalue weighted by molar-refractivity contribution is 5.92. The van der Waals surface area contributed by atoms with E-state index >= 15 is 0 Å². The Kier molecular flexibility index (Phi) is 1.55. The van der Waals surface area contributed by atoms with Crippen LogP contribution in [0.5, 0.6) is 0 Å². The van der Waals surface area contributed by atoms with Crippen LogP contribution in [0.15, 0.2) is 17.1 Å². The number of nitrogens with zero attached hydrogens (tertiary/aromatic N) is 1. The first-order valence-electron chi connectivity index (χ1n) is 3.88. The monoisotopic (exact) mass is 136 g/mol. The summed E-state index contributed by atoms with van der Waals surface area (Å²) in [6, 6.07) is 0.568. The van der Waals surface area contributed by atoms with Gasteiger partial charge in [0.15, 0.2) is 0 Å². The van der Waals surface area contributed by atoms with E-state index in [1.165, 1.54) is 5.71 Å². The number of allylic oxidation sites excluding steroid dienone is 1. The number of fused-ring (bicyclic) bond motifs is 1. The summed E-state index contributed by atoms with van der Waals surface area (Å²) in [5.41, 5.74) is 1.36. The molecule has 10 heavy (non-hydrogen) atoms. The van der Waals surface area contributed by atoms with Gasteiger partial charge in [0.05, 0.1) is 6.54 Å². The minimum absolute atomic E-state index is 0.568. The molecule has 0 fully saturated rings. The van der Waals surface area contributed by atoms with Crippen molar-refractivity contribution in [3.05, 3.63) is 12.2 Å². The Balaban J connectivity index is 2.17. The van der Waals surface area contributed by atoms with Crippen LogP contribution in [0.25, 0.3) is 0 Å². The molecule has 1 atom stereocenters. The van der Waals surface area contributed by atoms with Gasteiger partial charge in [-0.1, -0.05) is 12.2 Å². The second-order valence-electron chi connectivity index (χ2n) is 2.79. The van der Waals surface area contributed by atoms with E-state index in [0.717, 1.165) is 25.9 Å². The van der Waals surface area contributed by atoms with Crippen molar-refractivity contribution in [1.82, 2.24) is 5.32 Å². The number of nitrogens with one attached hydrogen (secondary N) is 1. The van der Waals surface area contributed by atoms with Crippen LogP contribution in [0, 0.1) is 0 Å². The van der Waals surface area contributed by atoms with Crippen molar-refractivity contribution in [2.75, 3.05) is 13.1 Å². The smallest absolute Gasteiger partial charge is 0.0514 e. The van der Waals surface area contributed by atoms with Gasteiger partial charge in [0, 0.05) is 24.7 Å². The van der Waals surface area contributed by atoms with Gasteiger partial charge in [0.2, 0.25) is 0 Å². The second kappa shape index (κ2) is 2.54. The minimum Gasteiger partial charge on any atom is -0.307 e. The normalized spacial score (nSPS) is 31.2. The molecular weight excluding hydrogens is 124 g/mol. The lowest BCUT2D eigenvalue weighted by molar-refractivity contribution is 0.590. The Morgan fingerprint density at radius 3 is 3.40 bits per heavy atom. The second-order valence-corrected chi connectivity index (χ2v) is 2.79. The zero-order chi connectivity index (χ0) is 6.81. The van der Waals surface area contributed by atoms with Gasteiger partial charge in [-0.2, -0.15) is 0 Å². The highest BCUT2D eigenvalue weighted by atomic mass is 15.0. The van der Waals surface area contributed by atoms with Crippen molar-refractivity contribution in [2.24, 2.45) is 4.99 Å². The van der Waals surface area contributed by atoms with E-state index in [-0.39, 0.29) is 0 Å². The standard InChI is InChI=1S/C8H12N2/c1-2-4-8-7(3-1)9-5-6-10-8/h1-2,7,9H,3-6H2. The molecule has 0 aromatic heterocycles. The van der Waals surface area contributed by atoms with Gasteiger partial charge in [-0.3, -0.25) is 4.99 Å². The Labute approximate surface area is 61.0 Å². The predicted molar refractivity (Wildman–Crippen MR) is 42.5 cm³/mol. The molecule has 1 aliphatic heterocycles. The third-order valence-corrected chi connectivity index (χ3v) is 2.09. The van der Waals surface area contributed by atoms with Crippen LogP contribution in [-0.2, 0) is 0 Å². The average molecular weight is 136 g/mol. The van der Waals surface area contributed by atoms with Crippen molar-refractivity contribution in [2.45, 2.75) is 18.9 Å². The molecule has 0 saturated carbocycles. The van der Waals surface area contributed by atoms with Crippen LogP contribution >= 0.6 is 0 Å². The Bertz CT molecular complexity index is 182. The zero-order valence-corrected chi connectivity index (χ0v) is 6.01. The van der Waals surface area contributed by atoms with Gasteiger partial charge in [-0.15, -0.1) is 0 Å². The number of hydrogen-bond acceptors (Lipinski definition) is 2. The fraction of sp³-hybridized carbons (Fsp3) is 0.625. The topological polar surface area (TPSA) is 24.4 Å². The molecule has 2 aliphatic rings. The number of aliphatic imine (C=N–C) groups is 1. The minimum atomic E-state index is 0.568. The quantitative estimate of drug-likeness (QED) is 0.488. The van der Waals surface area contributed by atoms with Gasteiger partial charge in [-0.05, 0) is 6.42 Å². The van der Waals surface area contributed by atoms with Gasteiger partial charge >= 0.3 is 0 Å². The van der Waals surface area contributed by atoms with Gasteiger partial charge in [0.1, 0.15) is 0 Å². The molecular formula is C8H12N2. The van der Waals surface area contributed by atoms with Crippen LogP contribution in [-0.4, -0.2) is 24.8 Å². The highest BCUT2D eigenvalue weighted by Crippen LogP contribution is 2.10. The molecule has 2 rings (SSSR count). The van der Waals surface area contributed by atoms with Crippen LogP contribution < -0.4 is 5.32 Å². The van der Waals surface area contributed by atoms with Crippen molar-refractivity contribution in [3.8, 4) is 0 Å². The van der Waals surface area contributed by atoms with E-state index in [1.807, 2.05) is 0 Å². The molecule has 1 N–H and O–H groups in total. The van der Waals surface area contributed by atoms with Crippen LogP contribution in [0.4, 0.5) is 0 Å². The van der Waals surface area contributed by atoms with Crippen molar-refractivity contribution < 1.29 is 0 Å². The largest absolute Gasteiger partial charge is 0.307 e. The molecule has 1 aliphatic carbocycles. The highest BCUT2D eigenvalue weighted by Gasteiger charge is 2.18. The summed E-state index contributed by atoms with van der Waals surface area (Å²) in [5.74, 6) is 0. The summed E-state index contributed by atoms with van der Waals surface area (Å²) in [6.07, 6.45) is 6.65. The Morgan fingerprint density at radius 2 is 2.50 bits per heavy atom. The maximum absolute atomic E-state index is 4.45. The van der Waals surface area contributed by atoms with Crippen LogP contribution in [0.1, 0.15) is 12.8 Å². The summed E-state index contributed by atoms with van der Waals surface area (Å²) in [4.78, 5) is 4.45. The third-order valence-electron chi connectivity index (χ3n) is 2.09. The van der Waals surface area contributed by atoms with Crippen molar-refractivity contribution in [1.29, 1.82) is 0 Å². The molecule has 54 valence electrons. The molecule has 0 spiro atoms. The number of hydrogen-bond donors (Lipinski definition) is 1. The van der Waals surface area contributed by atoms with Crippen molar-refractivity contribution >= 4 is 5.71 Å². The average Bonchev–Trinajstić information content (AvgIpc) is 2.05. The lowest BCUT2D eigenvalue weighted by atomic mass is 9.98. The Morgan fingerprint density at radius 1 is 1.50 bits per heavy atom. The predicted octanol–water partition coefficient (Wildman–Crippen LogP) is 0.749. The lowest BCUT2D eigenvalue weighted by Crippen LogP contribution is -2.42.